The van der Waals surface area contributed by atoms with E-state index in [0.29, 0.717) is 31.9 Å². The largest absolute Gasteiger partial charge is 0.484 e. The molecule has 1 amide bonds. The van der Waals surface area contributed by atoms with Crippen LogP contribution in [0.25, 0.3) is 0 Å². The van der Waals surface area contributed by atoms with Crippen molar-refractivity contribution in [2.45, 2.75) is 13.8 Å². The molecule has 1 aliphatic heterocycles. The predicted octanol–water partition coefficient (Wildman–Crippen LogP) is 0.633. The molecule has 1 aromatic carbocycles. The van der Waals surface area contributed by atoms with E-state index in [1.54, 1.807) is 4.90 Å². The van der Waals surface area contributed by atoms with E-state index < -0.39 is 10.2 Å². The molecule has 1 fully saturated rings. The fourth-order valence-electron chi connectivity index (χ4n) is 2.44. The number of rotatable bonds is 5. The number of carbonyl (C=O) groups excluding carboxylic acids is 1. The second-order valence-corrected chi connectivity index (χ2v) is 8.25. The number of amides is 1. The Bertz CT molecular complexity index is 695. The number of nitrogens with zero attached hydrogens (tertiary/aromatic N) is 3. The molecule has 8 heteroatoms. The molecule has 0 aromatic heterocycles. The summed E-state index contributed by atoms with van der Waals surface area (Å²) in [4.78, 5) is 13.9. The lowest BCUT2D eigenvalue weighted by Gasteiger charge is -2.35. The van der Waals surface area contributed by atoms with E-state index in [9.17, 15) is 13.2 Å². The summed E-state index contributed by atoms with van der Waals surface area (Å²) in [6.07, 6.45) is 0. The summed E-state index contributed by atoms with van der Waals surface area (Å²) in [5.74, 6) is 0.537. The Morgan fingerprint density at radius 3 is 2.29 bits per heavy atom. The first-order valence-corrected chi connectivity index (χ1v) is 9.27. The number of hydrogen-bond acceptors (Lipinski definition) is 4. The summed E-state index contributed by atoms with van der Waals surface area (Å²) in [6, 6.07) is 5.71. The van der Waals surface area contributed by atoms with E-state index in [-0.39, 0.29) is 12.5 Å². The molecule has 24 heavy (non-hydrogen) atoms. The molecule has 1 saturated heterocycles. The molecule has 0 spiro atoms. The summed E-state index contributed by atoms with van der Waals surface area (Å²) >= 11 is 0. The van der Waals surface area contributed by atoms with Gasteiger partial charge in [0, 0.05) is 40.3 Å². The van der Waals surface area contributed by atoms with Crippen LogP contribution in [0.1, 0.15) is 11.1 Å². The van der Waals surface area contributed by atoms with Crippen molar-refractivity contribution in [2.24, 2.45) is 0 Å². The first-order valence-electron chi connectivity index (χ1n) is 7.87. The number of benzene rings is 1. The molecule has 1 aromatic rings. The Morgan fingerprint density at radius 2 is 1.75 bits per heavy atom. The molecule has 0 saturated carbocycles. The molecular formula is C16H25N3O4S. The molecule has 1 heterocycles. The third-order valence-corrected chi connectivity index (χ3v) is 6.16. The average molecular weight is 355 g/mol. The maximum atomic E-state index is 12.2. The molecule has 1 aliphatic rings. The third-order valence-electron chi connectivity index (χ3n) is 4.22. The van der Waals surface area contributed by atoms with Gasteiger partial charge in [0.25, 0.3) is 16.1 Å². The normalized spacial score (nSPS) is 16.5. The van der Waals surface area contributed by atoms with Gasteiger partial charge in [-0.05, 0) is 37.1 Å². The van der Waals surface area contributed by atoms with Gasteiger partial charge in [-0.25, -0.2) is 0 Å². The van der Waals surface area contributed by atoms with Crippen LogP contribution in [0.15, 0.2) is 18.2 Å². The smallest absolute Gasteiger partial charge is 0.281 e. The fraction of sp³-hybridized carbons (Fsp3) is 0.562. The highest BCUT2D eigenvalue weighted by Crippen LogP contribution is 2.17. The summed E-state index contributed by atoms with van der Waals surface area (Å²) in [5.41, 5.74) is 2.29. The topological polar surface area (TPSA) is 70.2 Å². The van der Waals surface area contributed by atoms with Crippen LogP contribution in [0.3, 0.4) is 0 Å². The first kappa shape index (κ1) is 18.7. The second kappa shape index (κ2) is 7.50. The number of carbonyl (C=O) groups is 1. The van der Waals surface area contributed by atoms with Gasteiger partial charge in [-0.1, -0.05) is 6.07 Å². The molecule has 0 bridgehead atoms. The molecule has 7 nitrogen and oxygen atoms in total. The Hall–Kier alpha value is -1.64. The molecule has 0 radical (unpaired) electrons. The minimum Gasteiger partial charge on any atom is -0.484 e. The van der Waals surface area contributed by atoms with Gasteiger partial charge in [-0.2, -0.15) is 17.0 Å². The average Bonchev–Trinajstić information content (AvgIpc) is 2.55. The molecule has 2 rings (SSSR count). The standard InChI is InChI=1S/C16H25N3O4S/c1-13-5-6-15(11-14(13)2)23-12-16(20)18-7-9-19(10-8-18)24(21,22)17(3)4/h5-6,11H,7-10,12H2,1-4H3. The highest BCUT2D eigenvalue weighted by molar-refractivity contribution is 7.86. The van der Waals surface area contributed by atoms with E-state index >= 15 is 0 Å². The van der Waals surface area contributed by atoms with E-state index in [1.165, 1.54) is 28.3 Å². The van der Waals surface area contributed by atoms with Crippen molar-refractivity contribution < 1.29 is 17.9 Å². The van der Waals surface area contributed by atoms with Crippen molar-refractivity contribution in [3.8, 4) is 5.75 Å². The molecule has 0 atom stereocenters. The van der Waals surface area contributed by atoms with Gasteiger partial charge in [-0.15, -0.1) is 0 Å². The summed E-state index contributed by atoms with van der Waals surface area (Å²) in [6.45, 7) is 5.33. The van der Waals surface area contributed by atoms with Gasteiger partial charge in [-0.3, -0.25) is 4.79 Å². The van der Waals surface area contributed by atoms with Crippen LogP contribution in [-0.4, -0.2) is 74.7 Å². The number of hydrogen-bond donors (Lipinski definition) is 0. The zero-order valence-corrected chi connectivity index (χ0v) is 15.5. The van der Waals surface area contributed by atoms with Crippen molar-refractivity contribution in [3.05, 3.63) is 29.3 Å². The van der Waals surface area contributed by atoms with Gasteiger partial charge in [0.1, 0.15) is 5.75 Å². The lowest BCUT2D eigenvalue weighted by Crippen LogP contribution is -2.53. The zero-order chi connectivity index (χ0) is 17.9. The van der Waals surface area contributed by atoms with Crippen LogP contribution in [0.4, 0.5) is 0 Å². The summed E-state index contributed by atoms with van der Waals surface area (Å²) in [5, 5.41) is 0. The number of aryl methyl sites for hydroxylation is 2. The lowest BCUT2D eigenvalue weighted by atomic mass is 10.1. The molecule has 134 valence electrons. The van der Waals surface area contributed by atoms with Crippen molar-refractivity contribution in [1.82, 2.24) is 13.5 Å². The molecule has 0 unspecified atom stereocenters. The van der Waals surface area contributed by atoms with E-state index in [4.69, 9.17) is 4.74 Å². The molecule has 0 N–H and O–H groups in total. The number of piperazine rings is 1. The van der Waals surface area contributed by atoms with Crippen molar-refractivity contribution in [3.63, 3.8) is 0 Å². The quantitative estimate of drug-likeness (QED) is 0.777. The Labute approximate surface area is 144 Å². The summed E-state index contributed by atoms with van der Waals surface area (Å²) < 4.78 is 32.2. The van der Waals surface area contributed by atoms with Crippen molar-refractivity contribution in [2.75, 3.05) is 46.9 Å². The van der Waals surface area contributed by atoms with E-state index in [2.05, 4.69) is 0 Å². The maximum absolute atomic E-state index is 12.2. The lowest BCUT2D eigenvalue weighted by molar-refractivity contribution is -0.134. The van der Waals surface area contributed by atoms with Crippen molar-refractivity contribution >= 4 is 16.1 Å². The monoisotopic (exact) mass is 355 g/mol. The van der Waals surface area contributed by atoms with Gasteiger partial charge < -0.3 is 9.64 Å². The van der Waals surface area contributed by atoms with E-state index in [1.807, 2.05) is 32.0 Å². The van der Waals surface area contributed by atoms with Crippen LogP contribution in [0, 0.1) is 13.8 Å². The molecule has 0 aliphatic carbocycles. The van der Waals surface area contributed by atoms with Gasteiger partial charge >= 0.3 is 0 Å². The highest BCUT2D eigenvalue weighted by atomic mass is 32.2. The SMILES string of the molecule is Cc1ccc(OCC(=O)N2CCN(S(=O)(=O)N(C)C)CC2)cc1C. The van der Waals surface area contributed by atoms with Gasteiger partial charge in [0.15, 0.2) is 6.61 Å². The van der Waals surface area contributed by atoms with Gasteiger partial charge in [0.2, 0.25) is 0 Å². The van der Waals surface area contributed by atoms with Crippen LogP contribution in [-0.2, 0) is 15.0 Å². The van der Waals surface area contributed by atoms with Crippen LogP contribution < -0.4 is 4.74 Å². The van der Waals surface area contributed by atoms with Crippen LogP contribution in [0.2, 0.25) is 0 Å². The maximum Gasteiger partial charge on any atom is 0.281 e. The Morgan fingerprint density at radius 1 is 1.12 bits per heavy atom. The Kier molecular flexibility index (Phi) is 5.84. The first-order chi connectivity index (χ1) is 11.2. The Balaban J connectivity index is 1.86. The van der Waals surface area contributed by atoms with Crippen LogP contribution in [0.5, 0.6) is 5.75 Å². The van der Waals surface area contributed by atoms with E-state index in [0.717, 1.165) is 5.56 Å². The van der Waals surface area contributed by atoms with Crippen LogP contribution >= 0.6 is 0 Å². The summed E-state index contributed by atoms with van der Waals surface area (Å²) in [7, 11) is -0.407. The predicted molar refractivity (Wildman–Crippen MR) is 92.2 cm³/mol. The number of ether oxygens (including phenoxy) is 1. The van der Waals surface area contributed by atoms with Crippen molar-refractivity contribution in [1.29, 1.82) is 0 Å². The zero-order valence-electron chi connectivity index (χ0n) is 14.7. The van der Waals surface area contributed by atoms with Gasteiger partial charge in [0.05, 0.1) is 0 Å². The fourth-order valence-corrected chi connectivity index (χ4v) is 3.53. The second-order valence-electron chi connectivity index (χ2n) is 6.10. The third kappa shape index (κ3) is 4.25. The minimum absolute atomic E-state index is 0.0388. The highest BCUT2D eigenvalue weighted by Gasteiger charge is 2.30. The molecular weight excluding hydrogens is 330 g/mol. The minimum atomic E-state index is -3.42.